The van der Waals surface area contributed by atoms with Crippen molar-refractivity contribution < 1.29 is 9.53 Å². The number of anilines is 1. The fourth-order valence-electron chi connectivity index (χ4n) is 6.51. The number of ether oxygens (including phenoxy) is 1. The van der Waals surface area contributed by atoms with Gasteiger partial charge >= 0.3 is 11.8 Å². The lowest BCUT2D eigenvalue weighted by atomic mass is 9.98. The monoisotopic (exact) mass is 546 g/mol. The first-order chi connectivity index (χ1) is 19.9. The van der Waals surface area contributed by atoms with Gasteiger partial charge in [-0.1, -0.05) is 60.7 Å². The van der Waals surface area contributed by atoms with Crippen LogP contribution in [0.3, 0.4) is 0 Å². The van der Waals surface area contributed by atoms with Gasteiger partial charge in [-0.25, -0.2) is 9.59 Å². The van der Waals surface area contributed by atoms with Crippen LogP contribution in [0.5, 0.6) is 0 Å². The van der Waals surface area contributed by atoms with E-state index < -0.39 is 11.2 Å². The van der Waals surface area contributed by atoms with Crippen molar-refractivity contribution in [3.63, 3.8) is 0 Å². The molecule has 5 aromatic rings. The molecule has 2 aliphatic heterocycles. The Balaban J connectivity index is 1.20. The third-order valence-corrected chi connectivity index (χ3v) is 8.36. The molecule has 0 spiro atoms. The minimum atomic E-state index is -0.457. The van der Waals surface area contributed by atoms with E-state index in [1.807, 2.05) is 53.4 Å². The molecular weight excluding hydrogens is 516 g/mol. The summed E-state index contributed by atoms with van der Waals surface area (Å²) in [5.41, 5.74) is 3.93. The maximum Gasteiger partial charge on any atom is 0.410 e. The van der Waals surface area contributed by atoms with Gasteiger partial charge in [-0.05, 0) is 60.7 Å². The van der Waals surface area contributed by atoms with Crippen molar-refractivity contribution in [2.75, 3.05) is 18.0 Å². The predicted octanol–water partition coefficient (Wildman–Crippen LogP) is 5.22. The largest absolute Gasteiger partial charge is 0.445 e. The van der Waals surface area contributed by atoms with E-state index in [0.717, 1.165) is 40.3 Å². The van der Waals surface area contributed by atoms with Crippen molar-refractivity contribution >= 4 is 33.7 Å². The molecule has 9 heteroatoms. The number of nitrogens with one attached hydrogen (secondary N) is 1. The summed E-state index contributed by atoms with van der Waals surface area (Å²) >= 11 is 0. The molecule has 7 rings (SSSR count). The zero-order valence-electron chi connectivity index (χ0n) is 23.0. The standard InChI is InChI=1S/C32H30N6O3/c1-20-14-22-10-6-7-11-24(22)25(15-20)26-16-27-28(36-35-26)29(34-30(39)33-27)37-17-23-12-13-32(2,19-37)38(23)31(40)41-18-21-8-4-3-5-9-21/h3-11,14-16,23H,12-13,17-19H2,1-2H3,(H,33,34,39)/t23-,32+/m1/s1. The van der Waals surface area contributed by atoms with E-state index in [1.54, 1.807) is 0 Å². The van der Waals surface area contributed by atoms with Gasteiger partial charge in [0, 0.05) is 18.7 Å². The zero-order valence-corrected chi connectivity index (χ0v) is 23.0. The Labute approximate surface area is 236 Å². The number of nitrogens with zero attached hydrogens (tertiary/aromatic N) is 5. The van der Waals surface area contributed by atoms with Crippen LogP contribution in [-0.2, 0) is 11.3 Å². The number of amides is 1. The van der Waals surface area contributed by atoms with Crippen LogP contribution in [0.4, 0.5) is 10.6 Å². The van der Waals surface area contributed by atoms with Crippen LogP contribution in [0.1, 0.15) is 30.9 Å². The molecule has 0 unspecified atom stereocenters. The van der Waals surface area contributed by atoms with E-state index in [1.165, 1.54) is 0 Å². The average molecular weight is 547 g/mol. The van der Waals surface area contributed by atoms with Crippen LogP contribution in [-0.4, -0.2) is 55.8 Å². The van der Waals surface area contributed by atoms with Gasteiger partial charge in [0.2, 0.25) is 0 Å². The molecule has 2 fully saturated rings. The number of benzene rings is 3. The minimum Gasteiger partial charge on any atom is -0.445 e. The van der Waals surface area contributed by atoms with Crippen molar-refractivity contribution in [2.45, 2.75) is 44.9 Å². The SMILES string of the molecule is Cc1cc(-c2cc3[nH]c(=O)nc(N4C[C@H]5CC[C@@](C)(C4)N5C(=O)OCc4ccccc4)c3nn2)c2ccccc2c1. The Bertz CT molecular complexity index is 1860. The second-order valence-electron chi connectivity index (χ2n) is 11.4. The topological polar surface area (TPSA) is 104 Å². The van der Waals surface area contributed by atoms with Crippen LogP contribution in [0.15, 0.2) is 77.6 Å². The first kappa shape index (κ1) is 25.2. The van der Waals surface area contributed by atoms with E-state index in [9.17, 15) is 9.59 Å². The van der Waals surface area contributed by atoms with E-state index >= 15 is 0 Å². The minimum absolute atomic E-state index is 0.0564. The lowest BCUT2D eigenvalue weighted by Gasteiger charge is -2.46. The fourth-order valence-corrected chi connectivity index (χ4v) is 6.51. The number of carbonyl (C=O) groups excluding carboxylic acids is 1. The van der Waals surface area contributed by atoms with Gasteiger partial charge in [-0.2, -0.15) is 4.98 Å². The Kier molecular flexibility index (Phi) is 5.96. The molecule has 9 nitrogen and oxygen atoms in total. The van der Waals surface area contributed by atoms with Crippen LogP contribution in [0.2, 0.25) is 0 Å². The average Bonchev–Trinajstić information content (AvgIpc) is 3.19. The second kappa shape index (κ2) is 9.69. The molecule has 206 valence electrons. The van der Waals surface area contributed by atoms with Gasteiger partial charge in [-0.15, -0.1) is 10.2 Å². The van der Waals surface area contributed by atoms with Crippen molar-refractivity contribution in [2.24, 2.45) is 0 Å². The maximum atomic E-state index is 13.2. The summed E-state index contributed by atoms with van der Waals surface area (Å²) in [7, 11) is 0. The molecule has 1 amide bonds. The highest BCUT2D eigenvalue weighted by Gasteiger charge is 2.52. The van der Waals surface area contributed by atoms with Crippen molar-refractivity contribution in [1.29, 1.82) is 0 Å². The van der Waals surface area contributed by atoms with Crippen molar-refractivity contribution in [1.82, 2.24) is 25.1 Å². The van der Waals surface area contributed by atoms with E-state index in [-0.39, 0.29) is 18.7 Å². The molecule has 2 bridgehead atoms. The summed E-state index contributed by atoms with van der Waals surface area (Å²) in [5, 5.41) is 11.4. The summed E-state index contributed by atoms with van der Waals surface area (Å²) in [6.07, 6.45) is 1.38. The molecule has 0 aliphatic carbocycles. The molecule has 2 atom stereocenters. The Hall–Kier alpha value is -4.79. The fraction of sp³-hybridized carbons (Fsp3) is 0.281. The predicted molar refractivity (Wildman–Crippen MR) is 158 cm³/mol. The quantitative estimate of drug-likeness (QED) is 0.330. The highest BCUT2D eigenvalue weighted by Crippen LogP contribution is 2.41. The summed E-state index contributed by atoms with van der Waals surface area (Å²) < 4.78 is 5.71. The molecule has 2 saturated heterocycles. The number of fused-ring (bicyclic) bond motifs is 4. The second-order valence-corrected chi connectivity index (χ2v) is 11.4. The molecule has 41 heavy (non-hydrogen) atoms. The normalized spacial score (nSPS) is 20.1. The molecule has 1 N–H and O–H groups in total. The number of rotatable bonds is 4. The summed E-state index contributed by atoms with van der Waals surface area (Å²) in [6, 6.07) is 23.9. The van der Waals surface area contributed by atoms with Gasteiger partial charge in [0.15, 0.2) is 11.3 Å². The number of aromatic amines is 1. The Morgan fingerprint density at radius 1 is 1.07 bits per heavy atom. The van der Waals surface area contributed by atoms with Crippen LogP contribution in [0.25, 0.3) is 33.1 Å². The zero-order chi connectivity index (χ0) is 28.1. The Morgan fingerprint density at radius 2 is 1.88 bits per heavy atom. The molecule has 2 aromatic heterocycles. The van der Waals surface area contributed by atoms with Gasteiger partial charge in [0.1, 0.15) is 6.61 Å². The first-order valence-electron chi connectivity index (χ1n) is 13.9. The van der Waals surface area contributed by atoms with Crippen LogP contribution in [0, 0.1) is 6.92 Å². The van der Waals surface area contributed by atoms with Crippen LogP contribution >= 0.6 is 0 Å². The number of hydrogen-bond acceptors (Lipinski definition) is 7. The highest BCUT2D eigenvalue weighted by atomic mass is 16.6. The molecular formula is C32H30N6O3. The lowest BCUT2D eigenvalue weighted by Crippen LogP contribution is -2.62. The molecule has 4 heterocycles. The number of aryl methyl sites for hydroxylation is 1. The molecule has 0 saturated carbocycles. The third kappa shape index (κ3) is 4.47. The van der Waals surface area contributed by atoms with Gasteiger partial charge < -0.3 is 14.6 Å². The number of hydrogen-bond donors (Lipinski definition) is 1. The highest BCUT2D eigenvalue weighted by molar-refractivity contribution is 5.98. The smallest absolute Gasteiger partial charge is 0.410 e. The first-order valence-corrected chi connectivity index (χ1v) is 13.9. The molecule has 2 aliphatic rings. The van der Waals surface area contributed by atoms with Gasteiger partial charge in [0.05, 0.1) is 22.8 Å². The van der Waals surface area contributed by atoms with Crippen molar-refractivity contribution in [3.05, 3.63) is 94.4 Å². The maximum absolute atomic E-state index is 13.2. The summed E-state index contributed by atoms with van der Waals surface area (Å²) in [6.45, 7) is 5.41. The summed E-state index contributed by atoms with van der Waals surface area (Å²) in [5.74, 6) is 0.493. The molecule has 3 aromatic carbocycles. The number of H-pyrrole nitrogens is 1. The van der Waals surface area contributed by atoms with E-state index in [0.29, 0.717) is 35.6 Å². The van der Waals surface area contributed by atoms with Gasteiger partial charge in [-0.3, -0.25) is 4.90 Å². The number of carbonyl (C=O) groups is 1. The number of aromatic nitrogens is 4. The van der Waals surface area contributed by atoms with E-state index in [4.69, 9.17) is 4.74 Å². The van der Waals surface area contributed by atoms with E-state index in [2.05, 4.69) is 63.2 Å². The third-order valence-electron chi connectivity index (χ3n) is 8.36. The Morgan fingerprint density at radius 3 is 2.71 bits per heavy atom. The lowest BCUT2D eigenvalue weighted by molar-refractivity contribution is 0.0467. The number of piperazine rings is 1. The van der Waals surface area contributed by atoms with Crippen LogP contribution < -0.4 is 10.6 Å². The van der Waals surface area contributed by atoms with Gasteiger partial charge in [0.25, 0.3) is 0 Å². The summed E-state index contributed by atoms with van der Waals surface area (Å²) in [4.78, 5) is 37.2. The molecule has 0 radical (unpaired) electrons. The van der Waals surface area contributed by atoms with Crippen molar-refractivity contribution in [3.8, 4) is 11.3 Å².